The number of hydrogen-bond donors (Lipinski definition) is 1. The molecule has 3 heterocycles. The van der Waals surface area contributed by atoms with Crippen molar-refractivity contribution in [1.82, 2.24) is 15.3 Å². The summed E-state index contributed by atoms with van der Waals surface area (Å²) in [5, 5.41) is 12.5. The number of nitriles is 1. The molecule has 0 unspecified atom stereocenters. The average molecular weight is 486 g/mol. The van der Waals surface area contributed by atoms with Crippen molar-refractivity contribution in [3.8, 4) is 6.07 Å². The van der Waals surface area contributed by atoms with Crippen LogP contribution in [-0.2, 0) is 17.6 Å². The Hall–Kier alpha value is -5.09. The number of hydrogen-bond acceptors (Lipinski definition) is 6. The highest BCUT2D eigenvalue weighted by atomic mass is 16.2. The first-order valence-electron chi connectivity index (χ1n) is 11.8. The minimum atomic E-state index is -1.05. The van der Waals surface area contributed by atoms with E-state index in [2.05, 4.69) is 21.4 Å². The number of nitrogens with one attached hydrogen (secondary N) is 1. The molecule has 0 spiro atoms. The molecule has 2 aromatic carbocycles. The summed E-state index contributed by atoms with van der Waals surface area (Å²) in [4.78, 5) is 37.3. The highest BCUT2D eigenvalue weighted by molar-refractivity contribution is 6.10. The first-order chi connectivity index (χ1) is 18.1. The van der Waals surface area contributed by atoms with E-state index < -0.39 is 5.54 Å². The summed E-state index contributed by atoms with van der Waals surface area (Å²) >= 11 is 0. The van der Waals surface area contributed by atoms with Crippen LogP contribution < -0.4 is 10.2 Å². The van der Waals surface area contributed by atoms with Gasteiger partial charge in [0.05, 0.1) is 17.3 Å². The molecule has 7 nitrogen and oxygen atoms in total. The topological polar surface area (TPSA) is 99.0 Å². The molecule has 1 fully saturated rings. The molecule has 1 aliphatic rings. The van der Waals surface area contributed by atoms with Gasteiger partial charge in [-0.25, -0.2) is 0 Å². The second kappa shape index (κ2) is 10.3. The maximum Gasteiger partial charge on any atom is 0.259 e. The van der Waals surface area contributed by atoms with Crippen LogP contribution in [-0.4, -0.2) is 27.2 Å². The molecule has 0 bridgehead atoms. The maximum atomic E-state index is 14.3. The SMILES string of the molecule is N#Cc1ccc(C(=O)/C=C2\NC(Cc3ccncc3)(Cc3ccncc3)C(=O)N2c2ccccc2)cc1. The molecule has 1 N–H and O–H groups in total. The summed E-state index contributed by atoms with van der Waals surface area (Å²) in [6.07, 6.45) is 9.05. The third kappa shape index (κ3) is 5.00. The Labute approximate surface area is 214 Å². The van der Waals surface area contributed by atoms with E-state index in [4.69, 9.17) is 5.26 Å². The second-order valence-electron chi connectivity index (χ2n) is 8.83. The van der Waals surface area contributed by atoms with Gasteiger partial charge in [0.2, 0.25) is 0 Å². The van der Waals surface area contributed by atoms with Crippen molar-refractivity contribution in [3.05, 3.63) is 138 Å². The van der Waals surface area contributed by atoms with Crippen LogP contribution >= 0.6 is 0 Å². The number of pyridine rings is 2. The minimum absolute atomic E-state index is 0.161. The smallest absolute Gasteiger partial charge is 0.259 e. The summed E-state index contributed by atoms with van der Waals surface area (Å²) in [7, 11) is 0. The zero-order chi connectivity index (χ0) is 25.7. The third-order valence-electron chi connectivity index (χ3n) is 6.31. The Kier molecular flexibility index (Phi) is 6.56. The van der Waals surface area contributed by atoms with Gasteiger partial charge in [-0.2, -0.15) is 5.26 Å². The first kappa shape index (κ1) is 23.6. The summed E-state index contributed by atoms with van der Waals surface area (Å²) in [6, 6.07) is 25.3. The lowest BCUT2D eigenvalue weighted by molar-refractivity contribution is -0.122. The van der Waals surface area contributed by atoms with Crippen molar-refractivity contribution in [2.75, 3.05) is 4.90 Å². The number of nitrogens with zero attached hydrogens (tertiary/aromatic N) is 4. The van der Waals surface area contributed by atoms with Gasteiger partial charge in [0.15, 0.2) is 5.78 Å². The van der Waals surface area contributed by atoms with Crippen molar-refractivity contribution in [2.45, 2.75) is 18.4 Å². The fraction of sp³-hybridized carbons (Fsp3) is 0.100. The van der Waals surface area contributed by atoms with Gasteiger partial charge in [-0.15, -0.1) is 0 Å². The largest absolute Gasteiger partial charge is 0.356 e. The molecule has 5 rings (SSSR count). The third-order valence-corrected chi connectivity index (χ3v) is 6.31. The number of aromatic nitrogens is 2. The summed E-state index contributed by atoms with van der Waals surface area (Å²) in [5.74, 6) is -0.0378. The van der Waals surface area contributed by atoms with Crippen LogP contribution in [0.25, 0.3) is 0 Å². The van der Waals surface area contributed by atoms with Crippen molar-refractivity contribution < 1.29 is 9.59 Å². The minimum Gasteiger partial charge on any atom is -0.356 e. The number of ketones is 1. The van der Waals surface area contributed by atoms with Crippen LogP contribution in [0, 0.1) is 11.3 Å². The van der Waals surface area contributed by atoms with Gasteiger partial charge in [-0.3, -0.25) is 24.5 Å². The number of carbonyl (C=O) groups is 2. The van der Waals surface area contributed by atoms with Crippen molar-refractivity contribution in [2.24, 2.45) is 0 Å². The number of rotatable bonds is 7. The molecule has 37 heavy (non-hydrogen) atoms. The lowest BCUT2D eigenvalue weighted by atomic mass is 9.85. The predicted octanol–water partition coefficient (Wildman–Crippen LogP) is 4.23. The van der Waals surface area contributed by atoms with Crippen LogP contribution in [0.2, 0.25) is 0 Å². The highest BCUT2D eigenvalue weighted by Gasteiger charge is 2.49. The van der Waals surface area contributed by atoms with Crippen molar-refractivity contribution in [3.63, 3.8) is 0 Å². The molecule has 7 heteroatoms. The van der Waals surface area contributed by atoms with Gasteiger partial charge in [0.25, 0.3) is 5.91 Å². The Morgan fingerprint density at radius 3 is 1.97 bits per heavy atom. The van der Waals surface area contributed by atoms with Gasteiger partial charge in [0, 0.05) is 49.3 Å². The molecule has 1 amide bonds. The zero-order valence-electron chi connectivity index (χ0n) is 19.9. The van der Waals surface area contributed by atoms with Gasteiger partial charge in [-0.1, -0.05) is 18.2 Å². The Morgan fingerprint density at radius 1 is 0.865 bits per heavy atom. The first-order valence-corrected chi connectivity index (χ1v) is 11.8. The summed E-state index contributed by atoms with van der Waals surface area (Å²) in [5.41, 5.74) is 2.39. The molecule has 0 aliphatic carbocycles. The van der Waals surface area contributed by atoms with Crippen LogP contribution in [0.5, 0.6) is 0 Å². The van der Waals surface area contributed by atoms with Gasteiger partial charge >= 0.3 is 0 Å². The number of amides is 1. The molecule has 1 saturated heterocycles. The van der Waals surface area contributed by atoms with Gasteiger partial charge in [-0.05, 0) is 71.8 Å². The number of anilines is 1. The van der Waals surface area contributed by atoms with E-state index in [-0.39, 0.29) is 11.7 Å². The van der Waals surface area contributed by atoms with E-state index in [1.165, 1.54) is 6.08 Å². The van der Waals surface area contributed by atoms with Crippen LogP contribution in [0.1, 0.15) is 27.0 Å². The van der Waals surface area contributed by atoms with Gasteiger partial charge < -0.3 is 5.32 Å². The van der Waals surface area contributed by atoms with Crippen LogP contribution in [0.4, 0.5) is 5.69 Å². The highest BCUT2D eigenvalue weighted by Crippen LogP contribution is 2.34. The Morgan fingerprint density at radius 2 is 1.43 bits per heavy atom. The van der Waals surface area contributed by atoms with E-state index in [0.717, 1.165) is 11.1 Å². The van der Waals surface area contributed by atoms with E-state index >= 15 is 0 Å². The Bertz CT molecular complexity index is 1440. The van der Waals surface area contributed by atoms with Crippen LogP contribution in [0.15, 0.2) is 116 Å². The Balaban J connectivity index is 1.60. The lowest BCUT2D eigenvalue weighted by Crippen LogP contribution is -2.50. The second-order valence-corrected chi connectivity index (χ2v) is 8.83. The van der Waals surface area contributed by atoms with E-state index in [1.807, 2.05) is 54.6 Å². The maximum absolute atomic E-state index is 14.3. The monoisotopic (exact) mass is 485 g/mol. The molecule has 0 radical (unpaired) electrons. The van der Waals surface area contributed by atoms with Crippen LogP contribution in [0.3, 0.4) is 0 Å². The quantitative estimate of drug-likeness (QED) is 0.311. The predicted molar refractivity (Wildman–Crippen MR) is 139 cm³/mol. The molecule has 180 valence electrons. The number of carbonyl (C=O) groups excluding carboxylic acids is 2. The molecule has 0 atom stereocenters. The lowest BCUT2D eigenvalue weighted by Gasteiger charge is -2.28. The number of para-hydroxylation sites is 1. The number of benzene rings is 2. The normalized spacial score (nSPS) is 15.3. The summed E-state index contributed by atoms with van der Waals surface area (Å²) < 4.78 is 0. The van der Waals surface area contributed by atoms with Gasteiger partial charge in [0.1, 0.15) is 11.4 Å². The van der Waals surface area contributed by atoms with E-state index in [1.54, 1.807) is 54.0 Å². The molecule has 1 aliphatic heterocycles. The zero-order valence-corrected chi connectivity index (χ0v) is 19.9. The van der Waals surface area contributed by atoms with Crippen molar-refractivity contribution >= 4 is 17.4 Å². The fourth-order valence-corrected chi connectivity index (χ4v) is 4.53. The van der Waals surface area contributed by atoms with E-state index in [9.17, 15) is 9.59 Å². The van der Waals surface area contributed by atoms with Crippen molar-refractivity contribution in [1.29, 1.82) is 5.26 Å². The molecule has 2 aromatic heterocycles. The molecule has 0 saturated carbocycles. The average Bonchev–Trinajstić information content (AvgIpc) is 3.20. The standard InChI is InChI=1S/C30H23N5O2/c31-21-24-6-8-25(9-7-24)27(36)18-28-34-30(19-22-10-14-32-15-11-22,20-23-12-16-33-17-13-23)29(37)35(28)26-4-2-1-3-5-26/h1-18,34H,19-20H2/b28-18+. The number of allylic oxidation sites excluding steroid dienone is 1. The molecule has 4 aromatic rings. The molecular formula is C30H23N5O2. The fourth-order valence-electron chi connectivity index (χ4n) is 4.53. The van der Waals surface area contributed by atoms with E-state index in [0.29, 0.717) is 35.5 Å². The molecular weight excluding hydrogens is 462 g/mol. The summed E-state index contributed by atoms with van der Waals surface area (Å²) in [6.45, 7) is 0.